The molecule has 2 heterocycles. The van der Waals surface area contributed by atoms with Crippen LogP contribution in [0.5, 0.6) is 17.2 Å². The Labute approximate surface area is 266 Å². The van der Waals surface area contributed by atoms with Gasteiger partial charge in [0.25, 0.3) is 0 Å². The summed E-state index contributed by atoms with van der Waals surface area (Å²) >= 11 is 7.75. The zero-order valence-corrected chi connectivity index (χ0v) is 26.9. The summed E-state index contributed by atoms with van der Waals surface area (Å²) in [5.41, 5.74) is 3.89. The van der Waals surface area contributed by atoms with Crippen LogP contribution in [0.2, 0.25) is 5.02 Å². The monoisotopic (exact) mass is 634 g/mol. The molecule has 0 bridgehead atoms. The Balaban J connectivity index is 1.79. The first-order valence-electron chi connectivity index (χ1n) is 14.2. The molecule has 11 heteroatoms. The molecule has 1 aliphatic rings. The Hall–Kier alpha value is -4.15. The lowest BCUT2D eigenvalue weighted by atomic mass is 9.99. The third kappa shape index (κ3) is 6.37. The van der Waals surface area contributed by atoms with E-state index in [1.165, 1.54) is 11.8 Å². The first kappa shape index (κ1) is 31.3. The van der Waals surface area contributed by atoms with Crippen molar-refractivity contribution < 1.29 is 23.8 Å². The molecule has 0 radical (unpaired) electrons. The Morgan fingerprint density at radius 2 is 1.73 bits per heavy atom. The Bertz CT molecular complexity index is 1640. The minimum absolute atomic E-state index is 0.0333. The smallest absolute Gasteiger partial charge is 0.240 e. The van der Waals surface area contributed by atoms with E-state index in [2.05, 4.69) is 5.32 Å². The van der Waals surface area contributed by atoms with Crippen molar-refractivity contribution in [3.8, 4) is 34.2 Å². The summed E-state index contributed by atoms with van der Waals surface area (Å²) in [5, 5.41) is 8.38. The van der Waals surface area contributed by atoms with E-state index in [9.17, 15) is 9.59 Å². The van der Waals surface area contributed by atoms with Gasteiger partial charge in [-0.2, -0.15) is 5.10 Å². The summed E-state index contributed by atoms with van der Waals surface area (Å²) in [4.78, 5) is 28.8. The van der Waals surface area contributed by atoms with Gasteiger partial charge in [-0.15, -0.1) is 11.8 Å². The van der Waals surface area contributed by atoms with Crippen LogP contribution in [-0.4, -0.2) is 61.3 Å². The lowest BCUT2D eigenvalue weighted by molar-refractivity contribution is -0.123. The molecule has 1 aromatic heterocycles. The third-order valence-electron chi connectivity index (χ3n) is 7.56. The molecule has 0 fully saturated rings. The number of carbonyl (C=O) groups excluding carboxylic acids is 2. The molecule has 0 spiro atoms. The van der Waals surface area contributed by atoms with Crippen molar-refractivity contribution in [3.63, 3.8) is 0 Å². The maximum atomic E-state index is 13.9. The number of benzene rings is 3. The first-order chi connectivity index (χ1) is 21.3. The second-order valence-electron chi connectivity index (χ2n) is 10.4. The van der Waals surface area contributed by atoms with Crippen molar-refractivity contribution in [2.24, 2.45) is 0 Å². The van der Waals surface area contributed by atoms with Gasteiger partial charge in [-0.25, -0.2) is 4.68 Å². The van der Waals surface area contributed by atoms with Gasteiger partial charge < -0.3 is 19.5 Å². The number of halogens is 1. The number of methoxy groups -OCH3 is 3. The molecule has 3 aromatic carbocycles. The molecule has 9 nitrogen and oxygen atoms in total. The highest BCUT2D eigenvalue weighted by molar-refractivity contribution is 8.00. The minimum atomic E-state index is -0.339. The lowest BCUT2D eigenvalue weighted by Crippen LogP contribution is -2.44. The fourth-order valence-electron chi connectivity index (χ4n) is 5.09. The highest BCUT2D eigenvalue weighted by Gasteiger charge is 2.38. The molecule has 0 aliphatic carbocycles. The maximum absolute atomic E-state index is 13.9. The number of aromatic nitrogens is 2. The highest BCUT2D eigenvalue weighted by atomic mass is 35.5. The summed E-state index contributed by atoms with van der Waals surface area (Å²) in [7, 11) is 4.79. The third-order valence-corrected chi connectivity index (χ3v) is 9.06. The van der Waals surface area contributed by atoms with Crippen molar-refractivity contribution in [2.45, 2.75) is 31.6 Å². The van der Waals surface area contributed by atoms with E-state index < -0.39 is 0 Å². The quantitative estimate of drug-likeness (QED) is 0.219. The van der Waals surface area contributed by atoms with E-state index in [-0.39, 0.29) is 35.4 Å². The number of hydrogen-bond acceptors (Lipinski definition) is 7. The molecule has 0 unspecified atom stereocenters. The van der Waals surface area contributed by atoms with Gasteiger partial charge in [0.2, 0.25) is 11.8 Å². The fourth-order valence-corrected chi connectivity index (χ4v) is 6.40. The van der Waals surface area contributed by atoms with E-state index in [1.54, 1.807) is 30.9 Å². The van der Waals surface area contributed by atoms with Crippen LogP contribution in [0.3, 0.4) is 0 Å². The predicted octanol–water partition coefficient (Wildman–Crippen LogP) is 6.30. The molecule has 2 amide bonds. The van der Waals surface area contributed by atoms with E-state index in [0.29, 0.717) is 39.5 Å². The van der Waals surface area contributed by atoms with Gasteiger partial charge in [-0.3, -0.25) is 14.5 Å². The van der Waals surface area contributed by atoms with Gasteiger partial charge in [-0.1, -0.05) is 36.7 Å². The summed E-state index contributed by atoms with van der Waals surface area (Å²) in [5.74, 6) is 2.08. The number of amides is 2. The number of nitrogens with one attached hydrogen (secondary N) is 1. The van der Waals surface area contributed by atoms with E-state index in [0.717, 1.165) is 23.1 Å². The molecule has 2 atom stereocenters. The first-order valence-corrected chi connectivity index (χ1v) is 15.7. The van der Waals surface area contributed by atoms with Crippen LogP contribution in [0.4, 0.5) is 5.82 Å². The summed E-state index contributed by atoms with van der Waals surface area (Å²) < 4.78 is 18.3. The average molecular weight is 635 g/mol. The Morgan fingerprint density at radius 3 is 2.36 bits per heavy atom. The zero-order chi connectivity index (χ0) is 31.4. The Kier molecular flexibility index (Phi) is 9.71. The zero-order valence-electron chi connectivity index (χ0n) is 25.3. The van der Waals surface area contributed by atoms with E-state index in [4.69, 9.17) is 30.9 Å². The molecule has 230 valence electrons. The van der Waals surface area contributed by atoms with Crippen molar-refractivity contribution in [1.82, 2.24) is 15.1 Å². The van der Waals surface area contributed by atoms with Gasteiger partial charge >= 0.3 is 0 Å². The summed E-state index contributed by atoms with van der Waals surface area (Å²) in [6.07, 6.45) is 0.770. The van der Waals surface area contributed by atoms with Crippen LogP contribution in [0.1, 0.15) is 36.6 Å². The standard InChI is InChI=1S/C33H35ClN4O5S/c1-6-20(2)35-28(39)18-37-29(40)19-44-32(22-9-16-26(42-4)27(17-22)43-5)30-31(21-7-10-23(34)11-8-21)36-38(33(30)37)24-12-14-25(41-3)15-13-24/h7-17,20,32H,6,18-19H2,1-5H3,(H,35,39)/t20-,32+/m1/s1. The number of ether oxygens (including phenoxy) is 3. The van der Waals surface area contributed by atoms with E-state index in [1.807, 2.05) is 80.6 Å². The largest absolute Gasteiger partial charge is 0.497 e. The summed E-state index contributed by atoms with van der Waals surface area (Å²) in [6.45, 7) is 3.79. The normalized spacial score (nSPS) is 15.3. The van der Waals surface area contributed by atoms with Crippen molar-refractivity contribution >= 4 is 41.0 Å². The molecule has 0 saturated heterocycles. The molecule has 44 heavy (non-hydrogen) atoms. The predicted molar refractivity (Wildman–Crippen MR) is 175 cm³/mol. The topological polar surface area (TPSA) is 94.9 Å². The molecule has 1 N–H and O–H groups in total. The second kappa shape index (κ2) is 13.7. The number of anilines is 1. The molecular formula is C33H35ClN4O5S. The van der Waals surface area contributed by atoms with Crippen molar-refractivity contribution in [1.29, 1.82) is 0 Å². The lowest BCUT2D eigenvalue weighted by Gasteiger charge is -2.24. The molecule has 4 aromatic rings. The van der Waals surface area contributed by atoms with Crippen molar-refractivity contribution in [2.75, 3.05) is 38.5 Å². The number of carbonyl (C=O) groups is 2. The van der Waals surface area contributed by atoms with Gasteiger partial charge in [0.15, 0.2) is 11.5 Å². The second-order valence-corrected chi connectivity index (χ2v) is 11.9. The van der Waals surface area contributed by atoms with Crippen LogP contribution in [0, 0.1) is 0 Å². The van der Waals surface area contributed by atoms with E-state index >= 15 is 0 Å². The van der Waals surface area contributed by atoms with Crippen LogP contribution in [-0.2, 0) is 9.59 Å². The molecule has 0 saturated carbocycles. The maximum Gasteiger partial charge on any atom is 0.240 e. The molecule has 1 aliphatic heterocycles. The number of rotatable bonds is 10. The van der Waals surface area contributed by atoms with Gasteiger partial charge in [-0.05, 0) is 67.4 Å². The van der Waals surface area contributed by atoms with Crippen LogP contribution < -0.4 is 24.4 Å². The fraction of sp³-hybridized carbons (Fsp3) is 0.303. The van der Waals surface area contributed by atoms with Crippen LogP contribution >= 0.6 is 23.4 Å². The van der Waals surface area contributed by atoms with Gasteiger partial charge in [0, 0.05) is 22.2 Å². The average Bonchev–Trinajstić information content (AvgIpc) is 3.37. The van der Waals surface area contributed by atoms with Gasteiger partial charge in [0.05, 0.1) is 43.7 Å². The van der Waals surface area contributed by atoms with Crippen LogP contribution in [0.15, 0.2) is 66.7 Å². The van der Waals surface area contributed by atoms with Crippen molar-refractivity contribution in [3.05, 3.63) is 82.9 Å². The minimum Gasteiger partial charge on any atom is -0.497 e. The number of thioether (sulfide) groups is 1. The molecule has 5 rings (SSSR count). The number of nitrogens with zero attached hydrogens (tertiary/aromatic N) is 3. The Morgan fingerprint density at radius 1 is 1.02 bits per heavy atom. The van der Waals surface area contributed by atoms with Gasteiger partial charge in [0.1, 0.15) is 18.1 Å². The molecular weight excluding hydrogens is 600 g/mol. The van der Waals surface area contributed by atoms with Crippen LogP contribution in [0.25, 0.3) is 16.9 Å². The number of fused-ring (bicyclic) bond motifs is 1. The highest BCUT2D eigenvalue weighted by Crippen LogP contribution is 2.49. The number of hydrogen-bond donors (Lipinski definition) is 1. The summed E-state index contributed by atoms with van der Waals surface area (Å²) in [6, 6.07) is 20.6. The SMILES string of the molecule is CC[C@@H](C)NC(=O)CN1C(=O)CS[C@@H](c2ccc(OC)c(OC)c2)c2c(-c3ccc(Cl)cc3)nn(-c3ccc(OC)cc3)c21.